The Hall–Kier alpha value is -1.69. The quantitative estimate of drug-likeness (QED) is 0.761. The summed E-state index contributed by atoms with van der Waals surface area (Å²) < 4.78 is 0. The van der Waals surface area contributed by atoms with Crippen LogP contribution in [0.2, 0.25) is 0 Å². The van der Waals surface area contributed by atoms with Crippen LogP contribution in [-0.2, 0) is 4.79 Å². The van der Waals surface area contributed by atoms with E-state index in [0.717, 1.165) is 11.4 Å². The van der Waals surface area contributed by atoms with Crippen molar-refractivity contribution < 1.29 is 4.79 Å². The standard InChI is InChI=1S/C12H18N4OS/c1-8(12(17)14-2)7-16(3)10-6-9(11(13)18)4-5-15-10/h4-6,8H,7H2,1-3H3,(H2,13,18)(H,14,17). The zero-order valence-corrected chi connectivity index (χ0v) is 11.6. The third kappa shape index (κ3) is 3.66. The van der Waals surface area contributed by atoms with Gasteiger partial charge in [-0.25, -0.2) is 4.98 Å². The molecule has 0 saturated heterocycles. The van der Waals surface area contributed by atoms with Gasteiger partial charge in [0.2, 0.25) is 5.91 Å². The number of nitrogens with zero attached hydrogens (tertiary/aromatic N) is 2. The van der Waals surface area contributed by atoms with Crippen LogP contribution in [0.15, 0.2) is 18.3 Å². The smallest absolute Gasteiger partial charge is 0.224 e. The Morgan fingerprint density at radius 2 is 2.33 bits per heavy atom. The Morgan fingerprint density at radius 3 is 2.89 bits per heavy atom. The first-order valence-corrected chi connectivity index (χ1v) is 6.05. The van der Waals surface area contributed by atoms with Gasteiger partial charge in [0.25, 0.3) is 0 Å². The lowest BCUT2D eigenvalue weighted by molar-refractivity contribution is -0.123. The molecule has 0 radical (unpaired) electrons. The molecule has 0 aromatic carbocycles. The maximum absolute atomic E-state index is 11.5. The van der Waals surface area contributed by atoms with E-state index in [9.17, 15) is 4.79 Å². The van der Waals surface area contributed by atoms with E-state index in [1.165, 1.54) is 0 Å². The highest BCUT2D eigenvalue weighted by Gasteiger charge is 2.14. The lowest BCUT2D eigenvalue weighted by Gasteiger charge is -2.21. The van der Waals surface area contributed by atoms with Crippen molar-refractivity contribution in [2.45, 2.75) is 6.92 Å². The number of carbonyl (C=O) groups excluding carboxylic acids is 1. The Bertz CT molecular complexity index is 449. The molecule has 1 rings (SSSR count). The van der Waals surface area contributed by atoms with Crippen LogP contribution in [0.4, 0.5) is 5.82 Å². The van der Waals surface area contributed by atoms with Crippen molar-refractivity contribution in [2.24, 2.45) is 11.7 Å². The monoisotopic (exact) mass is 266 g/mol. The molecule has 0 aliphatic carbocycles. The molecule has 1 unspecified atom stereocenters. The number of rotatable bonds is 5. The number of nitrogens with two attached hydrogens (primary N) is 1. The second-order valence-corrected chi connectivity index (χ2v) is 4.60. The van der Waals surface area contributed by atoms with E-state index in [0.29, 0.717) is 11.5 Å². The zero-order chi connectivity index (χ0) is 13.7. The van der Waals surface area contributed by atoms with E-state index in [2.05, 4.69) is 10.3 Å². The molecule has 0 fully saturated rings. The average Bonchev–Trinajstić information content (AvgIpc) is 2.37. The van der Waals surface area contributed by atoms with Gasteiger partial charge >= 0.3 is 0 Å². The molecule has 0 aliphatic heterocycles. The Balaban J connectivity index is 2.78. The van der Waals surface area contributed by atoms with Crippen LogP contribution >= 0.6 is 12.2 Å². The zero-order valence-electron chi connectivity index (χ0n) is 10.8. The molecule has 98 valence electrons. The van der Waals surface area contributed by atoms with Crippen molar-refractivity contribution in [1.82, 2.24) is 10.3 Å². The Labute approximate surface area is 112 Å². The van der Waals surface area contributed by atoms with Gasteiger partial charge in [-0.2, -0.15) is 0 Å². The minimum Gasteiger partial charge on any atom is -0.389 e. The summed E-state index contributed by atoms with van der Waals surface area (Å²) in [6.45, 7) is 2.44. The van der Waals surface area contributed by atoms with Gasteiger partial charge in [0.1, 0.15) is 10.8 Å². The number of carbonyl (C=O) groups is 1. The molecule has 1 heterocycles. The van der Waals surface area contributed by atoms with Crippen molar-refractivity contribution >= 4 is 28.9 Å². The van der Waals surface area contributed by atoms with E-state index in [4.69, 9.17) is 18.0 Å². The Kier molecular flexibility index (Phi) is 5.03. The van der Waals surface area contributed by atoms with Gasteiger partial charge in [-0.1, -0.05) is 19.1 Å². The molecule has 0 spiro atoms. The first-order chi connectivity index (χ1) is 8.45. The molecular weight excluding hydrogens is 248 g/mol. The van der Waals surface area contributed by atoms with Crippen LogP contribution in [0.3, 0.4) is 0 Å². The van der Waals surface area contributed by atoms with Gasteiger partial charge in [0, 0.05) is 32.4 Å². The number of hydrogen-bond donors (Lipinski definition) is 2. The third-order valence-corrected chi connectivity index (χ3v) is 2.90. The van der Waals surface area contributed by atoms with Gasteiger partial charge < -0.3 is 16.0 Å². The maximum Gasteiger partial charge on any atom is 0.224 e. The number of aromatic nitrogens is 1. The number of pyridine rings is 1. The first kappa shape index (κ1) is 14.4. The SMILES string of the molecule is CNC(=O)C(C)CN(C)c1cc(C(N)=S)ccn1. The summed E-state index contributed by atoms with van der Waals surface area (Å²) in [6.07, 6.45) is 1.66. The predicted molar refractivity (Wildman–Crippen MR) is 76.6 cm³/mol. The van der Waals surface area contributed by atoms with E-state index in [-0.39, 0.29) is 11.8 Å². The van der Waals surface area contributed by atoms with Crippen LogP contribution in [0.1, 0.15) is 12.5 Å². The summed E-state index contributed by atoms with van der Waals surface area (Å²) in [6, 6.07) is 3.58. The molecule has 1 aromatic rings. The summed E-state index contributed by atoms with van der Waals surface area (Å²) in [5, 5.41) is 2.62. The van der Waals surface area contributed by atoms with Crippen LogP contribution in [0.5, 0.6) is 0 Å². The van der Waals surface area contributed by atoms with E-state index < -0.39 is 0 Å². The molecule has 0 bridgehead atoms. The largest absolute Gasteiger partial charge is 0.389 e. The maximum atomic E-state index is 11.5. The normalized spacial score (nSPS) is 11.7. The first-order valence-electron chi connectivity index (χ1n) is 5.64. The topological polar surface area (TPSA) is 71.2 Å². The fourth-order valence-corrected chi connectivity index (χ4v) is 1.74. The van der Waals surface area contributed by atoms with Gasteiger partial charge in [-0.3, -0.25) is 4.79 Å². The minimum absolute atomic E-state index is 0.00681. The summed E-state index contributed by atoms with van der Waals surface area (Å²) in [5.41, 5.74) is 6.35. The number of hydrogen-bond acceptors (Lipinski definition) is 4. The molecule has 18 heavy (non-hydrogen) atoms. The van der Waals surface area contributed by atoms with Crippen molar-refractivity contribution in [1.29, 1.82) is 0 Å². The van der Waals surface area contributed by atoms with E-state index >= 15 is 0 Å². The minimum atomic E-state index is -0.115. The molecule has 0 aliphatic rings. The third-order valence-electron chi connectivity index (χ3n) is 2.66. The van der Waals surface area contributed by atoms with Crippen LogP contribution in [0, 0.1) is 5.92 Å². The molecule has 3 N–H and O–H groups in total. The average molecular weight is 266 g/mol. The van der Waals surface area contributed by atoms with Crippen molar-refractivity contribution in [3.63, 3.8) is 0 Å². The number of nitrogens with one attached hydrogen (secondary N) is 1. The van der Waals surface area contributed by atoms with Crippen molar-refractivity contribution in [2.75, 3.05) is 25.5 Å². The molecule has 0 saturated carbocycles. The van der Waals surface area contributed by atoms with Crippen LogP contribution < -0.4 is 16.0 Å². The lowest BCUT2D eigenvalue weighted by Crippen LogP contribution is -2.34. The molecule has 6 heteroatoms. The molecular formula is C12H18N4OS. The molecule has 5 nitrogen and oxygen atoms in total. The second-order valence-electron chi connectivity index (χ2n) is 4.16. The lowest BCUT2D eigenvalue weighted by atomic mass is 10.1. The number of anilines is 1. The molecule has 1 amide bonds. The van der Waals surface area contributed by atoms with Gasteiger partial charge in [-0.15, -0.1) is 0 Å². The molecule has 1 atom stereocenters. The van der Waals surface area contributed by atoms with Gasteiger partial charge in [0.05, 0.1) is 5.92 Å². The molecule has 1 aromatic heterocycles. The van der Waals surface area contributed by atoms with Crippen molar-refractivity contribution in [3.05, 3.63) is 23.9 Å². The second kappa shape index (κ2) is 6.30. The fraction of sp³-hybridized carbons (Fsp3) is 0.417. The highest BCUT2D eigenvalue weighted by Crippen LogP contribution is 2.12. The summed E-state index contributed by atoms with van der Waals surface area (Å²) in [4.78, 5) is 17.9. The highest BCUT2D eigenvalue weighted by atomic mass is 32.1. The van der Waals surface area contributed by atoms with Crippen molar-refractivity contribution in [3.8, 4) is 0 Å². The number of thiocarbonyl (C=S) groups is 1. The van der Waals surface area contributed by atoms with E-state index in [1.807, 2.05) is 24.9 Å². The summed E-state index contributed by atoms with van der Waals surface area (Å²) in [7, 11) is 3.51. The van der Waals surface area contributed by atoms with Gasteiger partial charge in [0.15, 0.2) is 0 Å². The summed E-state index contributed by atoms with van der Waals surface area (Å²) in [5.74, 6) is 0.638. The Morgan fingerprint density at radius 1 is 1.67 bits per heavy atom. The fourth-order valence-electron chi connectivity index (χ4n) is 1.61. The van der Waals surface area contributed by atoms with E-state index in [1.54, 1.807) is 19.3 Å². The number of amides is 1. The van der Waals surface area contributed by atoms with Crippen LogP contribution in [-0.4, -0.2) is 36.5 Å². The van der Waals surface area contributed by atoms with Gasteiger partial charge in [-0.05, 0) is 12.1 Å². The predicted octanol–water partition coefficient (Wildman–Crippen LogP) is 0.534. The van der Waals surface area contributed by atoms with Crippen LogP contribution in [0.25, 0.3) is 0 Å². The summed E-state index contributed by atoms with van der Waals surface area (Å²) >= 11 is 4.92. The highest BCUT2D eigenvalue weighted by molar-refractivity contribution is 7.80.